The van der Waals surface area contributed by atoms with Gasteiger partial charge in [0.15, 0.2) is 0 Å². The molecular weight excluding hydrogens is 350 g/mol. The van der Waals surface area contributed by atoms with Crippen LogP contribution in [-0.2, 0) is 4.79 Å². The number of nitrogens with zero attached hydrogens (tertiary/aromatic N) is 2. The van der Waals surface area contributed by atoms with Crippen LogP contribution in [0, 0.1) is 5.92 Å². The molecule has 0 aromatic heterocycles. The molecule has 3 amide bonds. The number of piperidine rings is 1. The average molecular weight is 384 g/mol. The molecule has 1 aromatic carbocycles. The first kappa shape index (κ1) is 19.3. The number of rotatable bonds is 4. The molecule has 4 rings (SSSR count). The predicted octanol–water partition coefficient (Wildman–Crippen LogP) is 3.76. The summed E-state index contributed by atoms with van der Waals surface area (Å²) in [5, 5.41) is 3.26. The van der Waals surface area contributed by atoms with E-state index in [1.165, 1.54) is 5.56 Å². The van der Waals surface area contributed by atoms with Crippen molar-refractivity contribution >= 4 is 11.9 Å². The third-order valence-electron chi connectivity index (χ3n) is 6.90. The molecule has 3 fully saturated rings. The van der Waals surface area contributed by atoms with E-state index in [0.29, 0.717) is 17.7 Å². The van der Waals surface area contributed by atoms with Crippen LogP contribution >= 0.6 is 0 Å². The highest BCUT2D eigenvalue weighted by molar-refractivity contribution is 5.81. The number of urea groups is 1. The minimum absolute atomic E-state index is 0.0510. The molecule has 2 aliphatic carbocycles. The quantitative estimate of drug-likeness (QED) is 0.861. The van der Waals surface area contributed by atoms with Crippen molar-refractivity contribution in [3.63, 3.8) is 0 Å². The Bertz CT molecular complexity index is 672. The Morgan fingerprint density at radius 3 is 2.18 bits per heavy atom. The minimum Gasteiger partial charge on any atom is -0.342 e. The van der Waals surface area contributed by atoms with Gasteiger partial charge >= 0.3 is 6.03 Å². The van der Waals surface area contributed by atoms with Crippen molar-refractivity contribution in [3.05, 3.63) is 35.9 Å². The van der Waals surface area contributed by atoms with E-state index in [2.05, 4.69) is 35.6 Å². The highest BCUT2D eigenvalue weighted by Gasteiger charge is 2.36. The van der Waals surface area contributed by atoms with Crippen molar-refractivity contribution in [2.45, 2.75) is 69.4 Å². The lowest BCUT2D eigenvalue weighted by atomic mass is 9.82. The zero-order valence-corrected chi connectivity index (χ0v) is 17.0. The number of benzene rings is 1. The van der Waals surface area contributed by atoms with Crippen LogP contribution < -0.4 is 5.32 Å². The minimum atomic E-state index is 0.0510. The number of likely N-dealkylation sites (tertiary alicyclic amines) is 1. The van der Waals surface area contributed by atoms with Crippen LogP contribution in [0.2, 0.25) is 0 Å². The highest BCUT2D eigenvalue weighted by atomic mass is 16.2. The van der Waals surface area contributed by atoms with Crippen molar-refractivity contribution in [2.24, 2.45) is 5.92 Å². The van der Waals surface area contributed by atoms with Crippen molar-refractivity contribution in [3.8, 4) is 0 Å². The van der Waals surface area contributed by atoms with Gasteiger partial charge in [0.05, 0.1) is 0 Å². The van der Waals surface area contributed by atoms with Crippen LogP contribution in [0.4, 0.5) is 4.79 Å². The summed E-state index contributed by atoms with van der Waals surface area (Å²) in [5.74, 6) is 1.25. The lowest BCUT2D eigenvalue weighted by molar-refractivity contribution is -0.133. The summed E-state index contributed by atoms with van der Waals surface area (Å²) in [6.07, 6.45) is 8.29. The van der Waals surface area contributed by atoms with Crippen LogP contribution in [-0.4, -0.2) is 54.0 Å². The summed E-state index contributed by atoms with van der Waals surface area (Å²) < 4.78 is 0. The van der Waals surface area contributed by atoms with Crippen LogP contribution in [0.1, 0.15) is 62.8 Å². The van der Waals surface area contributed by atoms with Gasteiger partial charge in [-0.3, -0.25) is 4.79 Å². The van der Waals surface area contributed by atoms with Gasteiger partial charge in [-0.25, -0.2) is 4.79 Å². The van der Waals surface area contributed by atoms with E-state index >= 15 is 0 Å². The van der Waals surface area contributed by atoms with Crippen molar-refractivity contribution in [2.75, 3.05) is 20.1 Å². The lowest BCUT2D eigenvalue weighted by Crippen LogP contribution is -2.52. The van der Waals surface area contributed by atoms with E-state index < -0.39 is 0 Å². The maximum Gasteiger partial charge on any atom is 0.317 e. The molecule has 0 unspecified atom stereocenters. The normalized spacial score (nSPS) is 26.0. The molecule has 28 heavy (non-hydrogen) atoms. The van der Waals surface area contributed by atoms with Crippen LogP contribution in [0.15, 0.2) is 30.3 Å². The fraction of sp³-hybridized carbons (Fsp3) is 0.652. The van der Waals surface area contributed by atoms with Crippen molar-refractivity contribution in [1.29, 1.82) is 0 Å². The van der Waals surface area contributed by atoms with Gasteiger partial charge in [-0.15, -0.1) is 0 Å². The van der Waals surface area contributed by atoms with Crippen LogP contribution in [0.3, 0.4) is 0 Å². The summed E-state index contributed by atoms with van der Waals surface area (Å²) in [6.45, 7) is 1.58. The largest absolute Gasteiger partial charge is 0.342 e. The number of hydrogen-bond donors (Lipinski definition) is 1. The molecule has 0 radical (unpaired) electrons. The maximum atomic E-state index is 12.7. The number of hydrogen-bond acceptors (Lipinski definition) is 2. The molecule has 1 saturated heterocycles. The van der Waals surface area contributed by atoms with E-state index in [-0.39, 0.29) is 18.1 Å². The van der Waals surface area contributed by atoms with Gasteiger partial charge in [-0.1, -0.05) is 30.3 Å². The van der Waals surface area contributed by atoms with Gasteiger partial charge in [0.1, 0.15) is 0 Å². The Kier molecular flexibility index (Phi) is 5.88. The molecular formula is C23H33N3O2. The third-order valence-corrected chi connectivity index (χ3v) is 6.90. The van der Waals surface area contributed by atoms with Gasteiger partial charge in [0.25, 0.3) is 0 Å². The topological polar surface area (TPSA) is 52.7 Å². The van der Waals surface area contributed by atoms with Gasteiger partial charge in [-0.2, -0.15) is 0 Å². The second kappa shape index (κ2) is 8.54. The van der Waals surface area contributed by atoms with Gasteiger partial charge in [0.2, 0.25) is 5.91 Å². The first-order valence-electron chi connectivity index (χ1n) is 11.0. The maximum absolute atomic E-state index is 12.7. The van der Waals surface area contributed by atoms with E-state index in [0.717, 1.165) is 64.5 Å². The van der Waals surface area contributed by atoms with Gasteiger partial charge in [0, 0.05) is 38.1 Å². The number of amides is 3. The molecule has 5 heteroatoms. The molecule has 0 bridgehead atoms. The first-order valence-corrected chi connectivity index (χ1v) is 11.0. The molecule has 152 valence electrons. The number of carbonyl (C=O) groups excluding carboxylic acids is 2. The smallest absolute Gasteiger partial charge is 0.317 e. The van der Waals surface area contributed by atoms with Crippen molar-refractivity contribution in [1.82, 2.24) is 15.1 Å². The fourth-order valence-corrected chi connectivity index (χ4v) is 4.80. The molecule has 1 aromatic rings. The predicted molar refractivity (Wildman–Crippen MR) is 110 cm³/mol. The van der Waals surface area contributed by atoms with E-state index in [1.54, 1.807) is 0 Å². The third kappa shape index (κ3) is 4.50. The Balaban J connectivity index is 1.20. The Morgan fingerprint density at radius 1 is 0.929 bits per heavy atom. The Hall–Kier alpha value is -2.04. The monoisotopic (exact) mass is 383 g/mol. The van der Waals surface area contributed by atoms with Gasteiger partial charge in [-0.05, 0) is 62.8 Å². The van der Waals surface area contributed by atoms with Crippen molar-refractivity contribution < 1.29 is 9.59 Å². The van der Waals surface area contributed by atoms with Gasteiger partial charge < -0.3 is 15.1 Å². The number of nitrogens with one attached hydrogen (secondary N) is 1. The van der Waals surface area contributed by atoms with Crippen LogP contribution in [0.5, 0.6) is 0 Å². The SMILES string of the molecule is CN(C(=O)N[C@H]1CC[C@H](c2ccccc2)CC1)C1CCN(C(=O)C2CC2)CC1. The first-order chi connectivity index (χ1) is 13.6. The lowest BCUT2D eigenvalue weighted by Gasteiger charge is -2.38. The zero-order chi connectivity index (χ0) is 19.5. The number of carbonyl (C=O) groups is 2. The average Bonchev–Trinajstić information content (AvgIpc) is 3.59. The summed E-state index contributed by atoms with van der Waals surface area (Å²) in [7, 11) is 1.91. The standard InChI is InChI=1S/C23H33N3O2/c1-25(21-13-15-26(16-14-21)22(27)19-7-8-19)23(28)24-20-11-9-18(10-12-20)17-5-3-2-4-6-17/h2-6,18-21H,7-16H2,1H3,(H,24,28)/t18-,20-. The second-order valence-electron chi connectivity index (χ2n) is 8.85. The summed E-state index contributed by atoms with van der Waals surface area (Å²) >= 11 is 0. The Labute approximate surface area is 168 Å². The summed E-state index contributed by atoms with van der Waals surface area (Å²) in [6, 6.07) is 11.3. The molecule has 5 nitrogen and oxygen atoms in total. The summed E-state index contributed by atoms with van der Waals surface area (Å²) in [4.78, 5) is 28.8. The van der Waals surface area contributed by atoms with E-state index in [1.807, 2.05) is 16.8 Å². The van der Waals surface area contributed by atoms with E-state index in [4.69, 9.17) is 0 Å². The zero-order valence-electron chi connectivity index (χ0n) is 17.0. The molecule has 1 aliphatic heterocycles. The van der Waals surface area contributed by atoms with Crippen LogP contribution in [0.25, 0.3) is 0 Å². The molecule has 1 N–H and O–H groups in total. The Morgan fingerprint density at radius 2 is 1.57 bits per heavy atom. The van der Waals surface area contributed by atoms with E-state index in [9.17, 15) is 9.59 Å². The molecule has 1 heterocycles. The highest BCUT2D eigenvalue weighted by Crippen LogP contribution is 2.33. The summed E-state index contributed by atoms with van der Waals surface area (Å²) in [5.41, 5.74) is 1.43. The second-order valence-corrected chi connectivity index (χ2v) is 8.85. The molecule has 0 atom stereocenters. The molecule has 2 saturated carbocycles. The fourth-order valence-electron chi connectivity index (χ4n) is 4.80. The molecule has 3 aliphatic rings. The molecule has 0 spiro atoms.